The van der Waals surface area contributed by atoms with Gasteiger partial charge in [0.25, 0.3) is 5.91 Å². The zero-order valence-corrected chi connectivity index (χ0v) is 15.8. The zero-order valence-electron chi connectivity index (χ0n) is 15.8. The van der Waals surface area contributed by atoms with E-state index < -0.39 is 11.2 Å². The maximum atomic E-state index is 13.6. The van der Waals surface area contributed by atoms with Crippen molar-refractivity contribution in [2.75, 3.05) is 20.2 Å². The molecule has 1 aliphatic heterocycles. The first-order chi connectivity index (χ1) is 12.2. The lowest BCUT2D eigenvalue weighted by Gasteiger charge is -2.25. The molecule has 0 bridgehead atoms. The predicted molar refractivity (Wildman–Crippen MR) is 96.5 cm³/mol. The number of amides is 2. The highest BCUT2D eigenvalue weighted by atomic mass is 19.1. The molecule has 1 saturated heterocycles. The van der Waals surface area contributed by atoms with Crippen molar-refractivity contribution in [3.8, 4) is 5.75 Å². The second-order valence-corrected chi connectivity index (χ2v) is 8.39. The number of ether oxygens (including phenoxy) is 1. The second-order valence-electron chi connectivity index (χ2n) is 8.39. The topological polar surface area (TPSA) is 58.6 Å². The Kier molecular flexibility index (Phi) is 4.95. The molecule has 2 atom stereocenters. The van der Waals surface area contributed by atoms with Gasteiger partial charge in [-0.2, -0.15) is 0 Å². The van der Waals surface area contributed by atoms with Gasteiger partial charge in [-0.15, -0.1) is 0 Å². The largest absolute Gasteiger partial charge is 0.496 e. The van der Waals surface area contributed by atoms with Gasteiger partial charge in [0.15, 0.2) is 0 Å². The molecule has 2 aliphatic rings. The first kappa shape index (κ1) is 18.7. The van der Waals surface area contributed by atoms with Gasteiger partial charge >= 0.3 is 0 Å². The first-order valence-electron chi connectivity index (χ1n) is 9.14. The van der Waals surface area contributed by atoms with Gasteiger partial charge in [0.1, 0.15) is 11.6 Å². The Morgan fingerprint density at radius 3 is 2.50 bits per heavy atom. The molecule has 3 rings (SSSR count). The fourth-order valence-electron chi connectivity index (χ4n) is 3.73. The van der Waals surface area contributed by atoms with Crippen molar-refractivity contribution in [3.05, 3.63) is 29.6 Å². The number of nitrogens with zero attached hydrogens (tertiary/aromatic N) is 1. The number of carbonyl (C=O) groups is 2. The molecule has 0 spiro atoms. The van der Waals surface area contributed by atoms with Crippen molar-refractivity contribution in [2.24, 2.45) is 17.3 Å². The Morgan fingerprint density at radius 2 is 1.92 bits per heavy atom. The van der Waals surface area contributed by atoms with Gasteiger partial charge in [0.05, 0.1) is 18.7 Å². The van der Waals surface area contributed by atoms with E-state index in [-0.39, 0.29) is 29.3 Å². The quantitative estimate of drug-likeness (QED) is 0.896. The molecule has 0 radical (unpaired) electrons. The minimum Gasteiger partial charge on any atom is -0.496 e. The molecule has 142 valence electrons. The number of hydrogen-bond acceptors (Lipinski definition) is 3. The summed E-state index contributed by atoms with van der Waals surface area (Å²) in [6.45, 7) is 6.90. The van der Waals surface area contributed by atoms with Crippen molar-refractivity contribution in [1.82, 2.24) is 10.2 Å². The van der Waals surface area contributed by atoms with E-state index >= 15 is 0 Å². The maximum Gasteiger partial charge on any atom is 0.255 e. The van der Waals surface area contributed by atoms with Crippen LogP contribution in [0.4, 0.5) is 4.39 Å². The van der Waals surface area contributed by atoms with Crippen LogP contribution in [-0.2, 0) is 4.79 Å². The standard InChI is InChI=1S/C20H27FN2O3/c1-20(2,3)19(25)23-10-15(12-5-6-12)16(11-23)22-18(24)14-9-13(21)7-8-17(14)26-4/h7-9,12,15-16H,5-6,10-11H2,1-4H3,(H,22,24)/t15-,16+/m0/s1. The van der Waals surface area contributed by atoms with Crippen molar-refractivity contribution < 1.29 is 18.7 Å². The van der Waals surface area contributed by atoms with Crippen molar-refractivity contribution in [1.29, 1.82) is 0 Å². The Bertz CT molecular complexity index is 709. The van der Waals surface area contributed by atoms with E-state index in [0.717, 1.165) is 12.8 Å². The highest BCUT2D eigenvalue weighted by Crippen LogP contribution is 2.42. The minimum atomic E-state index is -0.481. The summed E-state index contributed by atoms with van der Waals surface area (Å²) in [4.78, 5) is 27.2. The van der Waals surface area contributed by atoms with Crippen LogP contribution in [0.3, 0.4) is 0 Å². The fraction of sp³-hybridized carbons (Fsp3) is 0.600. The molecule has 1 aromatic rings. The number of nitrogens with one attached hydrogen (secondary N) is 1. The number of halogens is 1. The summed E-state index contributed by atoms with van der Waals surface area (Å²) in [6.07, 6.45) is 2.27. The van der Waals surface area contributed by atoms with E-state index in [9.17, 15) is 14.0 Å². The van der Waals surface area contributed by atoms with Gasteiger partial charge in [0, 0.05) is 24.4 Å². The van der Waals surface area contributed by atoms with Crippen LogP contribution in [0.2, 0.25) is 0 Å². The molecule has 2 amide bonds. The van der Waals surface area contributed by atoms with E-state index in [1.54, 1.807) is 0 Å². The van der Waals surface area contributed by atoms with Gasteiger partial charge in [-0.05, 0) is 37.0 Å². The third-order valence-electron chi connectivity index (χ3n) is 5.24. The van der Waals surface area contributed by atoms with Crippen molar-refractivity contribution >= 4 is 11.8 Å². The molecular weight excluding hydrogens is 335 g/mol. The molecule has 0 aromatic heterocycles. The minimum absolute atomic E-state index is 0.100. The summed E-state index contributed by atoms with van der Waals surface area (Å²) in [5.41, 5.74) is -0.263. The number of methoxy groups -OCH3 is 1. The smallest absolute Gasteiger partial charge is 0.255 e. The predicted octanol–water partition coefficient (Wildman–Crippen LogP) is 2.85. The normalized spacial score (nSPS) is 23.0. The summed E-state index contributed by atoms with van der Waals surface area (Å²) >= 11 is 0. The number of likely N-dealkylation sites (tertiary alicyclic amines) is 1. The first-order valence-corrected chi connectivity index (χ1v) is 9.14. The van der Waals surface area contributed by atoms with E-state index in [1.165, 1.54) is 25.3 Å². The maximum absolute atomic E-state index is 13.6. The number of hydrogen-bond donors (Lipinski definition) is 1. The summed E-state index contributed by atoms with van der Waals surface area (Å²) in [7, 11) is 1.45. The molecule has 1 aliphatic carbocycles. The summed E-state index contributed by atoms with van der Waals surface area (Å²) < 4.78 is 18.8. The van der Waals surface area contributed by atoms with Crippen LogP contribution in [0.1, 0.15) is 44.0 Å². The van der Waals surface area contributed by atoms with E-state index in [2.05, 4.69) is 5.32 Å². The van der Waals surface area contributed by atoms with Crippen LogP contribution >= 0.6 is 0 Å². The zero-order chi connectivity index (χ0) is 19.1. The van der Waals surface area contributed by atoms with Crippen LogP contribution in [0.15, 0.2) is 18.2 Å². The lowest BCUT2D eigenvalue weighted by atomic mass is 9.95. The molecule has 2 fully saturated rings. The number of rotatable bonds is 4. The summed E-state index contributed by atoms with van der Waals surface area (Å²) in [5.74, 6) is 0.403. The molecule has 1 aromatic carbocycles. The Morgan fingerprint density at radius 1 is 1.23 bits per heavy atom. The third kappa shape index (κ3) is 3.84. The van der Waals surface area contributed by atoms with Crippen LogP contribution in [0, 0.1) is 23.1 Å². The van der Waals surface area contributed by atoms with E-state index in [1.807, 2.05) is 25.7 Å². The molecule has 1 heterocycles. The van der Waals surface area contributed by atoms with E-state index in [0.29, 0.717) is 24.8 Å². The number of benzene rings is 1. The van der Waals surface area contributed by atoms with Crippen LogP contribution in [0.25, 0.3) is 0 Å². The molecule has 1 saturated carbocycles. The van der Waals surface area contributed by atoms with Crippen LogP contribution in [0.5, 0.6) is 5.75 Å². The SMILES string of the molecule is COc1ccc(F)cc1C(=O)N[C@@H]1CN(C(=O)C(C)(C)C)C[C@H]1C1CC1. The van der Waals surface area contributed by atoms with Gasteiger partial charge in [-0.1, -0.05) is 20.8 Å². The highest BCUT2D eigenvalue weighted by Gasteiger charge is 2.45. The summed E-state index contributed by atoms with van der Waals surface area (Å²) in [6, 6.07) is 3.79. The molecule has 1 N–H and O–H groups in total. The second kappa shape index (κ2) is 6.89. The Balaban J connectivity index is 1.76. The monoisotopic (exact) mass is 362 g/mol. The fourth-order valence-corrected chi connectivity index (χ4v) is 3.73. The molecule has 26 heavy (non-hydrogen) atoms. The Hall–Kier alpha value is -2.11. The lowest BCUT2D eigenvalue weighted by molar-refractivity contribution is -0.138. The molecular formula is C20H27FN2O3. The van der Waals surface area contributed by atoms with Gasteiger partial charge in [0.2, 0.25) is 5.91 Å². The van der Waals surface area contributed by atoms with Crippen molar-refractivity contribution in [2.45, 2.75) is 39.7 Å². The third-order valence-corrected chi connectivity index (χ3v) is 5.24. The molecule has 6 heteroatoms. The summed E-state index contributed by atoms with van der Waals surface area (Å²) in [5, 5.41) is 3.03. The van der Waals surface area contributed by atoms with E-state index in [4.69, 9.17) is 4.74 Å². The number of carbonyl (C=O) groups excluding carboxylic acids is 2. The molecule has 0 unspecified atom stereocenters. The molecule has 5 nitrogen and oxygen atoms in total. The lowest BCUT2D eigenvalue weighted by Crippen LogP contribution is -2.43. The van der Waals surface area contributed by atoms with Gasteiger partial charge < -0.3 is 15.0 Å². The highest BCUT2D eigenvalue weighted by molar-refractivity contribution is 5.97. The average Bonchev–Trinajstić information content (AvgIpc) is 3.34. The van der Waals surface area contributed by atoms with Gasteiger partial charge in [-0.25, -0.2) is 4.39 Å². The Labute approximate surface area is 153 Å². The van der Waals surface area contributed by atoms with Gasteiger partial charge in [-0.3, -0.25) is 9.59 Å². The average molecular weight is 362 g/mol. The van der Waals surface area contributed by atoms with Crippen LogP contribution < -0.4 is 10.1 Å². The van der Waals surface area contributed by atoms with Crippen LogP contribution in [-0.4, -0.2) is 43.0 Å². The van der Waals surface area contributed by atoms with Crippen molar-refractivity contribution in [3.63, 3.8) is 0 Å².